The lowest BCUT2D eigenvalue weighted by molar-refractivity contribution is 0.0122. The average molecular weight is 339 g/mol. The molecule has 3 N–H and O–H groups in total. The zero-order chi connectivity index (χ0) is 18.3. The van der Waals surface area contributed by atoms with Crippen LogP contribution >= 0.6 is 0 Å². The molecule has 24 heavy (non-hydrogen) atoms. The highest BCUT2D eigenvalue weighted by atomic mass is 16.6. The molecular weight excluding hydrogens is 310 g/mol. The van der Waals surface area contributed by atoms with Crippen molar-refractivity contribution in [3.63, 3.8) is 0 Å². The largest absolute Gasteiger partial charge is 0.491 e. The zero-order valence-corrected chi connectivity index (χ0v) is 15.1. The molecule has 1 amide bonds. The molecule has 0 aliphatic heterocycles. The smallest absolute Gasteiger partial charge is 0.407 e. The van der Waals surface area contributed by atoms with Crippen molar-refractivity contribution in [1.29, 1.82) is 0 Å². The first-order valence-corrected chi connectivity index (χ1v) is 8.18. The first-order chi connectivity index (χ1) is 11.1. The number of carbonyl (C=O) groups is 1. The lowest BCUT2D eigenvalue weighted by atomic mass is 10.0. The number of amides is 1. The summed E-state index contributed by atoms with van der Waals surface area (Å²) in [6, 6.07) is 6.94. The molecule has 0 saturated heterocycles. The maximum atomic E-state index is 11.5. The predicted octanol–water partition coefficient (Wildman–Crippen LogP) is 2.78. The first-order valence-electron chi connectivity index (χ1n) is 8.18. The summed E-state index contributed by atoms with van der Waals surface area (Å²) in [7, 11) is 0. The Balaban J connectivity index is 2.44. The zero-order valence-electron chi connectivity index (χ0n) is 15.1. The predicted molar refractivity (Wildman–Crippen MR) is 92.0 cm³/mol. The minimum absolute atomic E-state index is 0.0743. The van der Waals surface area contributed by atoms with Gasteiger partial charge < -0.3 is 25.0 Å². The van der Waals surface area contributed by atoms with Gasteiger partial charge >= 0.3 is 6.09 Å². The van der Waals surface area contributed by atoms with E-state index in [4.69, 9.17) is 9.47 Å². The van der Waals surface area contributed by atoms with Gasteiger partial charge in [-0.1, -0.05) is 12.1 Å². The maximum absolute atomic E-state index is 11.5. The van der Waals surface area contributed by atoms with E-state index >= 15 is 0 Å². The molecule has 2 atom stereocenters. The molecule has 0 aliphatic carbocycles. The second-order valence-corrected chi connectivity index (χ2v) is 6.97. The monoisotopic (exact) mass is 339 g/mol. The summed E-state index contributed by atoms with van der Waals surface area (Å²) in [5, 5.41) is 22.8. The van der Waals surface area contributed by atoms with Crippen molar-refractivity contribution < 1.29 is 24.5 Å². The third-order valence-corrected chi connectivity index (χ3v) is 3.07. The van der Waals surface area contributed by atoms with E-state index in [1.807, 2.05) is 13.8 Å². The Labute approximate surface area is 143 Å². The standard InChI is InChI=1S/C18H29NO5/c1-12(2)23-14-8-6-13(7-9-14)16(21)15(20)10-11-19-17(22)24-18(3,4)5/h6-9,12,15-16,20-21H,10-11H2,1-5H3,(H,19,22). The molecule has 6 nitrogen and oxygen atoms in total. The number of hydrogen-bond donors (Lipinski definition) is 3. The van der Waals surface area contributed by atoms with E-state index in [2.05, 4.69) is 5.32 Å². The molecule has 0 radical (unpaired) electrons. The Kier molecular flexibility index (Phi) is 7.51. The Morgan fingerprint density at radius 3 is 2.25 bits per heavy atom. The molecule has 1 rings (SSSR count). The first kappa shape index (κ1) is 20.3. The van der Waals surface area contributed by atoms with Crippen molar-refractivity contribution in [3.8, 4) is 5.75 Å². The highest BCUT2D eigenvalue weighted by Gasteiger charge is 2.20. The van der Waals surface area contributed by atoms with Crippen LogP contribution in [0, 0.1) is 0 Å². The fourth-order valence-corrected chi connectivity index (χ4v) is 2.03. The van der Waals surface area contributed by atoms with Crippen LogP contribution in [-0.2, 0) is 4.74 Å². The summed E-state index contributed by atoms with van der Waals surface area (Å²) < 4.78 is 10.6. The lowest BCUT2D eigenvalue weighted by Crippen LogP contribution is -2.34. The number of aliphatic hydroxyl groups is 2. The Bertz CT molecular complexity index is 507. The van der Waals surface area contributed by atoms with Crippen molar-refractivity contribution in [2.24, 2.45) is 0 Å². The van der Waals surface area contributed by atoms with Gasteiger partial charge in [0.05, 0.1) is 12.2 Å². The van der Waals surface area contributed by atoms with Crippen LogP contribution in [0.25, 0.3) is 0 Å². The van der Waals surface area contributed by atoms with Gasteiger partial charge in [-0.05, 0) is 58.7 Å². The molecule has 2 unspecified atom stereocenters. The summed E-state index contributed by atoms with van der Waals surface area (Å²) in [6.07, 6.45) is -2.27. The quantitative estimate of drug-likeness (QED) is 0.711. The SMILES string of the molecule is CC(C)Oc1ccc(C(O)C(O)CCNC(=O)OC(C)(C)C)cc1. The summed E-state index contributed by atoms with van der Waals surface area (Å²) >= 11 is 0. The van der Waals surface area contributed by atoms with Gasteiger partial charge in [-0.15, -0.1) is 0 Å². The summed E-state index contributed by atoms with van der Waals surface area (Å²) in [6.45, 7) is 9.41. The van der Waals surface area contributed by atoms with Crippen molar-refractivity contribution in [2.75, 3.05) is 6.54 Å². The minimum Gasteiger partial charge on any atom is -0.491 e. The molecule has 0 heterocycles. The molecule has 0 spiro atoms. The van der Waals surface area contributed by atoms with Gasteiger partial charge in [0.15, 0.2) is 0 Å². The molecule has 1 aromatic carbocycles. The number of benzene rings is 1. The third kappa shape index (κ3) is 7.66. The summed E-state index contributed by atoms with van der Waals surface area (Å²) in [4.78, 5) is 11.5. The fraction of sp³-hybridized carbons (Fsp3) is 0.611. The maximum Gasteiger partial charge on any atom is 0.407 e. The molecule has 0 fully saturated rings. The van der Waals surface area contributed by atoms with Gasteiger partial charge in [0.1, 0.15) is 17.5 Å². The Morgan fingerprint density at radius 1 is 1.17 bits per heavy atom. The van der Waals surface area contributed by atoms with E-state index < -0.39 is 23.9 Å². The van der Waals surface area contributed by atoms with Crippen LogP contribution in [-0.4, -0.2) is 40.7 Å². The number of ether oxygens (including phenoxy) is 2. The van der Waals surface area contributed by atoms with E-state index in [9.17, 15) is 15.0 Å². The molecule has 0 aliphatic rings. The molecule has 136 valence electrons. The number of carbonyl (C=O) groups excluding carboxylic acids is 1. The van der Waals surface area contributed by atoms with Gasteiger partial charge in [-0.25, -0.2) is 4.79 Å². The Morgan fingerprint density at radius 2 is 1.75 bits per heavy atom. The van der Waals surface area contributed by atoms with Crippen molar-refractivity contribution in [1.82, 2.24) is 5.32 Å². The van der Waals surface area contributed by atoms with E-state index in [0.717, 1.165) is 0 Å². The van der Waals surface area contributed by atoms with E-state index in [-0.39, 0.29) is 19.1 Å². The fourth-order valence-electron chi connectivity index (χ4n) is 2.03. The molecule has 0 bridgehead atoms. The topological polar surface area (TPSA) is 88.0 Å². The lowest BCUT2D eigenvalue weighted by Gasteiger charge is -2.21. The number of hydrogen-bond acceptors (Lipinski definition) is 5. The normalized spacial score (nSPS) is 14.2. The highest BCUT2D eigenvalue weighted by molar-refractivity contribution is 5.67. The van der Waals surface area contributed by atoms with Crippen molar-refractivity contribution in [2.45, 2.75) is 65.0 Å². The second-order valence-electron chi connectivity index (χ2n) is 6.97. The van der Waals surface area contributed by atoms with Gasteiger partial charge in [-0.3, -0.25) is 0 Å². The van der Waals surface area contributed by atoms with Crippen LogP contribution in [0.4, 0.5) is 4.79 Å². The van der Waals surface area contributed by atoms with Crippen molar-refractivity contribution in [3.05, 3.63) is 29.8 Å². The Hall–Kier alpha value is -1.79. The van der Waals surface area contributed by atoms with Gasteiger partial charge in [0.2, 0.25) is 0 Å². The van der Waals surface area contributed by atoms with Gasteiger partial charge in [0, 0.05) is 6.54 Å². The third-order valence-electron chi connectivity index (χ3n) is 3.07. The number of aliphatic hydroxyl groups excluding tert-OH is 2. The van der Waals surface area contributed by atoms with Crippen LogP contribution in [0.3, 0.4) is 0 Å². The molecule has 6 heteroatoms. The van der Waals surface area contributed by atoms with Gasteiger partial charge in [0.25, 0.3) is 0 Å². The van der Waals surface area contributed by atoms with Gasteiger partial charge in [-0.2, -0.15) is 0 Å². The van der Waals surface area contributed by atoms with E-state index in [0.29, 0.717) is 11.3 Å². The van der Waals surface area contributed by atoms with E-state index in [1.54, 1.807) is 45.0 Å². The summed E-state index contributed by atoms with van der Waals surface area (Å²) in [5.41, 5.74) is 0.0260. The molecular formula is C18H29NO5. The van der Waals surface area contributed by atoms with Crippen molar-refractivity contribution >= 4 is 6.09 Å². The molecule has 1 aromatic rings. The van der Waals surface area contributed by atoms with Crippen LogP contribution in [0.2, 0.25) is 0 Å². The molecule has 0 saturated carbocycles. The number of rotatable bonds is 7. The summed E-state index contributed by atoms with van der Waals surface area (Å²) in [5.74, 6) is 0.710. The number of alkyl carbamates (subject to hydrolysis) is 1. The number of nitrogens with one attached hydrogen (secondary N) is 1. The van der Waals surface area contributed by atoms with Crippen LogP contribution in [0.5, 0.6) is 5.75 Å². The molecule has 0 aromatic heterocycles. The highest BCUT2D eigenvalue weighted by Crippen LogP contribution is 2.22. The van der Waals surface area contributed by atoms with Crippen LogP contribution in [0.1, 0.15) is 52.7 Å². The van der Waals surface area contributed by atoms with Crippen LogP contribution < -0.4 is 10.1 Å². The minimum atomic E-state index is -1.03. The second kappa shape index (κ2) is 8.89. The van der Waals surface area contributed by atoms with Crippen LogP contribution in [0.15, 0.2) is 24.3 Å². The average Bonchev–Trinajstić information content (AvgIpc) is 2.44. The van der Waals surface area contributed by atoms with E-state index in [1.165, 1.54) is 0 Å².